The molecule has 0 radical (unpaired) electrons. The summed E-state index contributed by atoms with van der Waals surface area (Å²) in [6, 6.07) is 0.696. The first-order valence-corrected chi connectivity index (χ1v) is 10.8. The van der Waals surface area contributed by atoms with Crippen LogP contribution in [0.5, 0.6) is 0 Å². The lowest BCUT2D eigenvalue weighted by atomic mass is 9.86. The monoisotopic (exact) mass is 499 g/mol. The lowest BCUT2D eigenvalue weighted by molar-refractivity contribution is -0.211. The highest BCUT2D eigenvalue weighted by atomic mass is 19.2. The number of nitrogens with zero attached hydrogens (tertiary/aromatic N) is 4. The van der Waals surface area contributed by atoms with Gasteiger partial charge in [0, 0.05) is 18.7 Å². The Bertz CT molecular complexity index is 1090. The number of β-amino-alcohol motifs (C(OH)–C–C–N with tert-alkyl or cyclic N) is 1. The number of likely N-dealkylation sites (tertiary alicyclic amines) is 1. The number of aliphatic hydroxyl groups is 2. The molecular formula is C21H24F3N5O6. The molecule has 4 atom stereocenters. The Hall–Kier alpha value is -3.07. The highest BCUT2D eigenvalue weighted by Crippen LogP contribution is 2.36. The number of carbonyl (C=O) groups is 2. The van der Waals surface area contributed by atoms with E-state index in [0.717, 1.165) is 12.1 Å². The highest BCUT2D eigenvalue weighted by molar-refractivity contribution is 5.85. The molecule has 1 aromatic heterocycles. The third kappa shape index (κ3) is 4.74. The summed E-state index contributed by atoms with van der Waals surface area (Å²) in [6.07, 6.45) is 0.00801. The normalized spacial score (nSPS) is 26.8. The van der Waals surface area contributed by atoms with Gasteiger partial charge in [-0.2, -0.15) is 0 Å². The Morgan fingerprint density at radius 1 is 1.26 bits per heavy atom. The van der Waals surface area contributed by atoms with Crippen LogP contribution in [0.3, 0.4) is 0 Å². The Labute approximate surface area is 197 Å². The summed E-state index contributed by atoms with van der Waals surface area (Å²) in [7, 11) is 0. The summed E-state index contributed by atoms with van der Waals surface area (Å²) in [5.41, 5.74) is 3.45. The average molecular weight is 499 g/mol. The molecule has 11 nitrogen and oxygen atoms in total. The second kappa shape index (κ2) is 9.89. The number of benzene rings is 1. The van der Waals surface area contributed by atoms with Gasteiger partial charge in [-0.15, -0.1) is 5.10 Å². The number of ether oxygens (including phenoxy) is 2. The summed E-state index contributed by atoms with van der Waals surface area (Å²) in [4.78, 5) is 26.3. The van der Waals surface area contributed by atoms with Crippen LogP contribution in [0.2, 0.25) is 0 Å². The van der Waals surface area contributed by atoms with E-state index in [4.69, 9.17) is 15.2 Å². The maximum absolute atomic E-state index is 13.7. The van der Waals surface area contributed by atoms with E-state index in [1.54, 1.807) is 0 Å². The van der Waals surface area contributed by atoms with E-state index in [1.165, 1.54) is 15.8 Å². The molecule has 2 fully saturated rings. The van der Waals surface area contributed by atoms with Crippen LogP contribution in [0.4, 0.5) is 13.2 Å². The molecule has 3 unspecified atom stereocenters. The van der Waals surface area contributed by atoms with Crippen LogP contribution in [-0.2, 0) is 19.1 Å². The Balaban J connectivity index is 1.62. The largest absolute Gasteiger partial charge is 0.393 e. The fourth-order valence-electron chi connectivity index (χ4n) is 4.34. The molecule has 0 saturated carbocycles. The summed E-state index contributed by atoms with van der Waals surface area (Å²) >= 11 is 0. The first-order chi connectivity index (χ1) is 16.7. The van der Waals surface area contributed by atoms with Crippen LogP contribution in [0.1, 0.15) is 18.9 Å². The van der Waals surface area contributed by atoms with Gasteiger partial charge >= 0.3 is 0 Å². The maximum Gasteiger partial charge on any atom is 0.254 e. The quantitative estimate of drug-likeness (QED) is 0.432. The van der Waals surface area contributed by atoms with Gasteiger partial charge in [-0.1, -0.05) is 5.21 Å². The van der Waals surface area contributed by atoms with Crippen LogP contribution >= 0.6 is 0 Å². The number of hydrogen-bond acceptors (Lipinski definition) is 8. The van der Waals surface area contributed by atoms with Gasteiger partial charge in [-0.25, -0.2) is 17.9 Å². The lowest BCUT2D eigenvalue weighted by Crippen LogP contribution is -2.64. The molecule has 2 aliphatic heterocycles. The zero-order chi connectivity index (χ0) is 25.3. The Morgan fingerprint density at radius 2 is 1.97 bits per heavy atom. The minimum atomic E-state index is -2.01. The molecule has 2 amide bonds. The fraction of sp³-hybridized carbons (Fsp3) is 0.524. The SMILES string of the molecule is NC(=O)C1(CO)OCCC(n2cc(-c3cc(F)c(F)c(F)c3)nn2)C1OCC(=O)N1CC[C@H](O)C1. The minimum Gasteiger partial charge on any atom is -0.393 e. The van der Waals surface area contributed by atoms with Crippen molar-refractivity contribution in [3.63, 3.8) is 0 Å². The van der Waals surface area contributed by atoms with E-state index in [9.17, 15) is 33.0 Å². The maximum atomic E-state index is 13.7. The number of carbonyl (C=O) groups excluding carboxylic acids is 2. The number of rotatable bonds is 7. The molecular weight excluding hydrogens is 475 g/mol. The van der Waals surface area contributed by atoms with Crippen LogP contribution in [0.15, 0.2) is 18.3 Å². The molecule has 1 aromatic carbocycles. The van der Waals surface area contributed by atoms with Gasteiger partial charge in [0.2, 0.25) is 5.91 Å². The number of aromatic nitrogens is 3. The second-order valence-electron chi connectivity index (χ2n) is 8.47. The summed E-state index contributed by atoms with van der Waals surface area (Å²) in [5.74, 6) is -5.90. The molecule has 4 N–H and O–H groups in total. The lowest BCUT2D eigenvalue weighted by Gasteiger charge is -2.44. The second-order valence-corrected chi connectivity index (χ2v) is 8.47. The molecule has 0 aliphatic carbocycles. The standard InChI is InChI=1S/C21H24F3N5O6/c22-13-5-11(6-14(23)18(13)24)15-8-29(27-26-15)16-2-4-35-21(10-30,20(25)33)19(16)34-9-17(32)28-3-1-12(31)7-28/h5-6,8,12,16,19,30-31H,1-4,7,9-10H2,(H2,25,33)/t12-,16?,19?,21?/m0/s1. The van der Waals surface area contributed by atoms with Crippen LogP contribution < -0.4 is 5.73 Å². The van der Waals surface area contributed by atoms with Crippen LogP contribution in [-0.4, -0.2) is 92.6 Å². The number of aliphatic hydroxyl groups excluding tert-OH is 2. The van der Waals surface area contributed by atoms with Crippen LogP contribution in [0, 0.1) is 17.5 Å². The molecule has 2 aliphatic rings. The average Bonchev–Trinajstić information content (AvgIpc) is 3.49. The molecule has 4 rings (SSSR count). The predicted octanol–water partition coefficient (Wildman–Crippen LogP) is -0.481. The van der Waals surface area contributed by atoms with E-state index < -0.39 is 66.3 Å². The Kier molecular flexibility index (Phi) is 7.07. The van der Waals surface area contributed by atoms with Crippen molar-refractivity contribution in [2.45, 2.75) is 36.7 Å². The molecule has 35 heavy (non-hydrogen) atoms. The molecule has 0 bridgehead atoms. The molecule has 14 heteroatoms. The van der Waals surface area contributed by atoms with Crippen molar-refractivity contribution < 1.29 is 42.4 Å². The number of amides is 2. The third-order valence-corrected chi connectivity index (χ3v) is 6.27. The van der Waals surface area contributed by atoms with E-state index in [1.807, 2.05) is 0 Å². The summed E-state index contributed by atoms with van der Waals surface area (Å²) in [6.45, 7) is -0.898. The highest BCUT2D eigenvalue weighted by Gasteiger charge is 2.53. The summed E-state index contributed by atoms with van der Waals surface area (Å²) in [5, 5.41) is 27.5. The van der Waals surface area contributed by atoms with Crippen molar-refractivity contribution in [1.29, 1.82) is 0 Å². The molecule has 0 spiro atoms. The van der Waals surface area contributed by atoms with Gasteiger partial charge in [0.05, 0.1) is 31.6 Å². The van der Waals surface area contributed by atoms with Crippen molar-refractivity contribution in [2.24, 2.45) is 5.73 Å². The Morgan fingerprint density at radius 3 is 2.57 bits per heavy atom. The van der Waals surface area contributed by atoms with Gasteiger partial charge in [0.15, 0.2) is 23.1 Å². The number of hydrogen-bond donors (Lipinski definition) is 3. The minimum absolute atomic E-state index is 0.00356. The van der Waals surface area contributed by atoms with Crippen LogP contribution in [0.25, 0.3) is 11.3 Å². The molecule has 3 heterocycles. The number of halogens is 3. The zero-order valence-electron chi connectivity index (χ0n) is 18.4. The van der Waals surface area contributed by atoms with Gasteiger partial charge in [-0.3, -0.25) is 9.59 Å². The van der Waals surface area contributed by atoms with Gasteiger partial charge in [0.1, 0.15) is 18.4 Å². The number of nitrogens with two attached hydrogens (primary N) is 1. The summed E-state index contributed by atoms with van der Waals surface area (Å²) < 4.78 is 53.2. The van der Waals surface area contributed by atoms with Crippen molar-refractivity contribution in [1.82, 2.24) is 19.9 Å². The third-order valence-electron chi connectivity index (χ3n) is 6.27. The van der Waals surface area contributed by atoms with Gasteiger partial charge < -0.3 is 30.3 Å². The smallest absolute Gasteiger partial charge is 0.254 e. The molecule has 2 aromatic rings. The van der Waals surface area contributed by atoms with Gasteiger partial charge in [0.25, 0.3) is 5.91 Å². The zero-order valence-corrected chi connectivity index (χ0v) is 18.4. The fourth-order valence-corrected chi connectivity index (χ4v) is 4.34. The first kappa shape index (κ1) is 25.0. The van der Waals surface area contributed by atoms with Crippen molar-refractivity contribution >= 4 is 11.8 Å². The van der Waals surface area contributed by atoms with Crippen molar-refractivity contribution in [3.05, 3.63) is 35.8 Å². The topological polar surface area (TPSA) is 153 Å². The molecule has 2 saturated heterocycles. The van der Waals surface area contributed by atoms with E-state index in [-0.39, 0.29) is 30.8 Å². The first-order valence-electron chi connectivity index (χ1n) is 10.8. The number of primary amides is 1. The van der Waals surface area contributed by atoms with Gasteiger partial charge in [-0.05, 0) is 25.0 Å². The van der Waals surface area contributed by atoms with Crippen molar-refractivity contribution in [3.8, 4) is 11.3 Å². The molecule has 190 valence electrons. The van der Waals surface area contributed by atoms with E-state index in [0.29, 0.717) is 13.0 Å². The van der Waals surface area contributed by atoms with Crippen molar-refractivity contribution in [2.75, 3.05) is 32.9 Å². The van der Waals surface area contributed by atoms with E-state index in [2.05, 4.69) is 10.3 Å². The predicted molar refractivity (Wildman–Crippen MR) is 111 cm³/mol. The van der Waals surface area contributed by atoms with E-state index >= 15 is 0 Å².